The average molecular weight is 945 g/mol. The van der Waals surface area contributed by atoms with Crippen LogP contribution in [0.3, 0.4) is 0 Å². The second kappa shape index (κ2) is 22.6. The Bertz CT molecular complexity index is 1420. The fourth-order valence-electron chi connectivity index (χ4n) is 12.7. The minimum atomic E-state index is -0.567. The number of carbonyl (C=O) groups excluding carboxylic acids is 4. The van der Waals surface area contributed by atoms with E-state index in [9.17, 15) is 19.2 Å². The first-order chi connectivity index (χ1) is 28.6. The first-order valence-electron chi connectivity index (χ1n) is 22.8. The molecule has 4 aliphatic heterocycles. The summed E-state index contributed by atoms with van der Waals surface area (Å²) in [4.78, 5) is 73.0. The summed E-state index contributed by atoms with van der Waals surface area (Å²) < 4.78 is 0. The van der Waals surface area contributed by atoms with Crippen molar-refractivity contribution in [2.75, 3.05) is 39.9 Å². The zero-order valence-electron chi connectivity index (χ0n) is 42.8. The van der Waals surface area contributed by atoms with E-state index in [-0.39, 0.29) is 107 Å². The zero-order valence-corrected chi connectivity index (χ0v) is 43.7. The molecule has 0 aromatic carbocycles. The topological polar surface area (TPSA) is 166 Å². The quantitative estimate of drug-likeness (QED) is 0.152. The largest absolute Gasteiger partial charge is 0.353 e. The van der Waals surface area contributed by atoms with E-state index >= 15 is 0 Å². The molecule has 0 spiro atoms. The van der Waals surface area contributed by atoms with Crippen LogP contribution in [0.5, 0.6) is 0 Å². The lowest BCUT2D eigenvalue weighted by Crippen LogP contribution is -2.65. The van der Waals surface area contributed by atoms with Crippen molar-refractivity contribution in [3.63, 3.8) is 0 Å². The number of hydrogen-bond acceptors (Lipinski definition) is 13. The zero-order chi connectivity index (χ0) is 48.4. The summed E-state index contributed by atoms with van der Waals surface area (Å²) in [7, 11) is 6.75. The lowest BCUT2D eigenvalue weighted by Gasteiger charge is -2.53. The third-order valence-corrected chi connectivity index (χ3v) is 14.1. The van der Waals surface area contributed by atoms with Crippen molar-refractivity contribution in [1.29, 1.82) is 0 Å². The maximum Gasteiger partial charge on any atom is 0.309 e. The molecular formula is C48H96N8O8S. The van der Waals surface area contributed by atoms with E-state index < -0.39 is 11.8 Å². The Hall–Kier alpha value is -2.09. The molecule has 4 N–H and O–H groups in total. The lowest BCUT2D eigenvalue weighted by molar-refractivity contribution is -0.267. The van der Waals surface area contributed by atoms with Crippen molar-refractivity contribution in [3.05, 3.63) is 0 Å². The fraction of sp³-hybridized carbons (Fsp3) is 0.917. The van der Waals surface area contributed by atoms with Crippen LogP contribution in [0, 0.1) is 0 Å². The highest BCUT2D eigenvalue weighted by molar-refractivity contribution is 8.00. The van der Waals surface area contributed by atoms with Gasteiger partial charge < -0.3 is 40.6 Å². The highest BCUT2D eigenvalue weighted by atomic mass is 32.2. The molecule has 4 saturated heterocycles. The Kier molecular flexibility index (Phi) is 21.1. The first kappa shape index (κ1) is 60.9. The second-order valence-corrected chi connectivity index (χ2v) is 24.4. The normalized spacial score (nSPS) is 25.4. The summed E-state index contributed by atoms with van der Waals surface area (Å²) >= 11 is 1.36. The molecule has 4 rings (SSSR count). The molecule has 4 aliphatic rings. The molecule has 0 radical (unpaired) electrons. The Balaban J connectivity index is 0.000000633. The predicted molar refractivity (Wildman–Crippen MR) is 263 cm³/mol. The van der Waals surface area contributed by atoms with Gasteiger partial charge in [-0.15, -0.1) is 11.8 Å². The molecule has 4 fully saturated rings. The van der Waals surface area contributed by atoms with E-state index in [1.165, 1.54) is 11.8 Å². The van der Waals surface area contributed by atoms with Crippen LogP contribution < -0.4 is 21.3 Å². The maximum absolute atomic E-state index is 12.7. The number of amides is 4. The summed E-state index contributed by atoms with van der Waals surface area (Å²) in [5.41, 5.74) is -1.75. The van der Waals surface area contributed by atoms with Crippen LogP contribution in [-0.2, 0) is 38.5 Å². The standard InChI is InChI=1S/C24H46N4O4S.C22H42N4O4.2CH4/c1-21(2)11-17(12-22(3,4)27(21)31-9)25-19(29)15-33-16-20(30)26-18-13-23(5,6)28(32-10)24(7,8)14-18;1-19(2)11-15(12-20(3,4)25(19)29-9)23-17(27)18(28)24-16-13-21(5,6)26(30-10)22(7,8)14-16;;/h17-18H,11-16H2,1-10H3,(H,25,29)(H,26,30);15-16H,11-14H2,1-10H3,(H,23,27)(H,24,28);2*1H4. The van der Waals surface area contributed by atoms with E-state index in [4.69, 9.17) is 19.4 Å². The molecule has 0 unspecified atom stereocenters. The van der Waals surface area contributed by atoms with Crippen LogP contribution in [0.15, 0.2) is 0 Å². The van der Waals surface area contributed by atoms with E-state index in [0.29, 0.717) is 25.7 Å². The molecule has 17 heteroatoms. The van der Waals surface area contributed by atoms with Gasteiger partial charge >= 0.3 is 11.8 Å². The van der Waals surface area contributed by atoms with E-state index in [0.717, 1.165) is 25.7 Å². The fourth-order valence-corrected chi connectivity index (χ4v) is 13.4. The molecule has 4 heterocycles. The molecule has 0 aromatic rings. The van der Waals surface area contributed by atoms with Gasteiger partial charge in [-0.3, -0.25) is 19.2 Å². The molecule has 4 amide bonds. The number of piperidine rings is 4. The Morgan fingerprint density at radius 1 is 0.385 bits per heavy atom. The molecule has 0 bridgehead atoms. The summed E-state index contributed by atoms with van der Waals surface area (Å²) in [5.74, 6) is -0.628. The van der Waals surface area contributed by atoms with Gasteiger partial charge in [-0.05, 0) is 162 Å². The van der Waals surface area contributed by atoms with Crippen molar-refractivity contribution >= 4 is 35.4 Å². The second-order valence-electron chi connectivity index (χ2n) is 23.4. The van der Waals surface area contributed by atoms with Gasteiger partial charge in [-0.2, -0.15) is 20.3 Å². The van der Waals surface area contributed by atoms with Crippen molar-refractivity contribution < 1.29 is 38.5 Å². The monoisotopic (exact) mass is 945 g/mol. The summed E-state index contributed by atoms with van der Waals surface area (Å²) in [6.07, 6.45) is 6.07. The van der Waals surface area contributed by atoms with Gasteiger partial charge in [0, 0.05) is 68.5 Å². The molecule has 0 aliphatic carbocycles. The van der Waals surface area contributed by atoms with Gasteiger partial charge in [-0.25, -0.2) is 0 Å². The van der Waals surface area contributed by atoms with E-state index in [2.05, 4.69) is 132 Å². The molecule has 382 valence electrons. The van der Waals surface area contributed by atoms with Crippen LogP contribution >= 0.6 is 11.8 Å². The molecule has 65 heavy (non-hydrogen) atoms. The number of hydrogen-bond donors (Lipinski definition) is 4. The Labute approximate surface area is 399 Å². The number of rotatable bonds is 12. The first-order valence-corrected chi connectivity index (χ1v) is 23.9. The SMILES string of the molecule is C.C.CON1C(C)(C)CC(NC(=O)C(=O)NC2CC(C)(C)N(OC)C(C)(C)C2)CC1(C)C.CON1C(C)(C)CC(NC(=O)CSCC(=O)NC2CC(C)(C)N(OC)C(C)(C)C2)CC1(C)C. The van der Waals surface area contributed by atoms with Crippen molar-refractivity contribution in [2.24, 2.45) is 0 Å². The molecule has 0 atom stereocenters. The van der Waals surface area contributed by atoms with Crippen molar-refractivity contribution in [2.45, 2.75) is 245 Å². The number of hydroxylamine groups is 8. The van der Waals surface area contributed by atoms with Gasteiger partial charge in [0.05, 0.1) is 39.9 Å². The van der Waals surface area contributed by atoms with Gasteiger partial charge in [0.1, 0.15) is 0 Å². The summed E-state index contributed by atoms with van der Waals surface area (Å²) in [6.45, 7) is 33.8. The molecular weight excluding hydrogens is 849 g/mol. The van der Waals surface area contributed by atoms with Crippen molar-refractivity contribution in [1.82, 2.24) is 41.5 Å². The highest BCUT2D eigenvalue weighted by Crippen LogP contribution is 2.41. The Morgan fingerprint density at radius 3 is 0.723 bits per heavy atom. The minimum Gasteiger partial charge on any atom is -0.353 e. The number of thioether (sulfide) groups is 1. The van der Waals surface area contributed by atoms with E-state index in [1.54, 1.807) is 28.4 Å². The molecule has 0 aromatic heterocycles. The molecule has 0 saturated carbocycles. The Morgan fingerprint density at radius 2 is 0.554 bits per heavy atom. The van der Waals surface area contributed by atoms with Crippen molar-refractivity contribution in [3.8, 4) is 0 Å². The third-order valence-electron chi connectivity index (χ3n) is 13.2. The molecule has 16 nitrogen and oxygen atoms in total. The van der Waals surface area contributed by atoms with E-state index in [1.807, 2.05) is 20.3 Å². The smallest absolute Gasteiger partial charge is 0.309 e. The number of nitrogens with one attached hydrogen (secondary N) is 4. The van der Waals surface area contributed by atoms with Crippen LogP contribution in [0.2, 0.25) is 0 Å². The average Bonchev–Trinajstić information content (AvgIpc) is 3.04. The van der Waals surface area contributed by atoms with Crippen LogP contribution in [0.25, 0.3) is 0 Å². The maximum atomic E-state index is 12.7. The highest BCUT2D eigenvalue weighted by Gasteiger charge is 2.50. The predicted octanol–water partition coefficient (Wildman–Crippen LogP) is 6.78. The van der Waals surface area contributed by atoms with Gasteiger partial charge in [0.15, 0.2) is 0 Å². The number of nitrogens with zero attached hydrogens (tertiary/aromatic N) is 4. The summed E-state index contributed by atoms with van der Waals surface area (Å²) in [5, 5.41) is 20.3. The van der Waals surface area contributed by atoms with Crippen LogP contribution in [0.4, 0.5) is 0 Å². The van der Waals surface area contributed by atoms with Crippen LogP contribution in [0.1, 0.15) is 177 Å². The minimum absolute atomic E-state index is 0. The van der Waals surface area contributed by atoms with Crippen LogP contribution in [-0.4, -0.2) is 152 Å². The number of carbonyl (C=O) groups is 4. The lowest BCUT2D eigenvalue weighted by atomic mass is 9.78. The summed E-state index contributed by atoms with van der Waals surface area (Å²) in [6, 6.07) is -0.0248. The van der Waals surface area contributed by atoms with Gasteiger partial charge in [-0.1, -0.05) is 14.9 Å². The van der Waals surface area contributed by atoms with Gasteiger partial charge in [0.2, 0.25) is 11.8 Å². The third kappa shape index (κ3) is 15.5. The van der Waals surface area contributed by atoms with Gasteiger partial charge in [0.25, 0.3) is 0 Å².